The summed E-state index contributed by atoms with van der Waals surface area (Å²) in [5.41, 5.74) is 0.466. The molecule has 1 amide bonds. The van der Waals surface area contributed by atoms with E-state index in [4.69, 9.17) is 9.47 Å². The first-order valence-electron chi connectivity index (χ1n) is 10.4. The molecule has 0 saturated heterocycles. The summed E-state index contributed by atoms with van der Waals surface area (Å²) in [7, 11) is 1.56. The molecule has 1 N–H and O–H groups in total. The third-order valence-electron chi connectivity index (χ3n) is 5.05. The predicted molar refractivity (Wildman–Crippen MR) is 110 cm³/mol. The van der Waals surface area contributed by atoms with E-state index in [1.165, 1.54) is 4.68 Å². The molecule has 8 nitrogen and oxygen atoms in total. The summed E-state index contributed by atoms with van der Waals surface area (Å²) in [6, 6.07) is 5.18. The fourth-order valence-corrected chi connectivity index (χ4v) is 3.38. The van der Waals surface area contributed by atoms with Gasteiger partial charge in [-0.3, -0.25) is 9.36 Å². The molecule has 0 aliphatic carbocycles. The van der Waals surface area contributed by atoms with Crippen LogP contribution >= 0.6 is 0 Å². The van der Waals surface area contributed by atoms with Crippen molar-refractivity contribution in [3.63, 3.8) is 0 Å². The van der Waals surface area contributed by atoms with Gasteiger partial charge in [0.15, 0.2) is 11.5 Å². The molecule has 158 valence electrons. The van der Waals surface area contributed by atoms with Gasteiger partial charge in [-0.25, -0.2) is 9.48 Å². The standard InChI is InChI=1S/C21H30N4O4/c1-3-4-14-29-17-10-9-16(15-18(17)28-2)20(26)22-11-7-13-25-21(27)24-12-6-5-8-19(24)23-25/h9-10,15H,3-8,11-14H2,1-2H3,(H,22,26). The van der Waals surface area contributed by atoms with E-state index in [0.29, 0.717) is 43.2 Å². The number of aromatic nitrogens is 3. The third kappa shape index (κ3) is 5.19. The van der Waals surface area contributed by atoms with Crippen LogP contribution in [0.1, 0.15) is 55.2 Å². The number of aryl methyl sites for hydroxylation is 2. The highest BCUT2D eigenvalue weighted by atomic mass is 16.5. The van der Waals surface area contributed by atoms with Crippen LogP contribution in [0, 0.1) is 0 Å². The first-order chi connectivity index (χ1) is 14.1. The minimum atomic E-state index is -0.181. The van der Waals surface area contributed by atoms with Crippen LogP contribution in [0.25, 0.3) is 0 Å². The van der Waals surface area contributed by atoms with Crippen molar-refractivity contribution < 1.29 is 14.3 Å². The lowest BCUT2D eigenvalue weighted by Crippen LogP contribution is -2.29. The Morgan fingerprint density at radius 3 is 2.86 bits per heavy atom. The molecule has 2 heterocycles. The van der Waals surface area contributed by atoms with Crippen molar-refractivity contribution in [2.24, 2.45) is 0 Å². The maximum atomic E-state index is 12.4. The van der Waals surface area contributed by atoms with Gasteiger partial charge in [-0.1, -0.05) is 13.3 Å². The zero-order chi connectivity index (χ0) is 20.6. The minimum absolute atomic E-state index is 0.0468. The van der Waals surface area contributed by atoms with Crippen LogP contribution in [-0.2, 0) is 19.5 Å². The maximum absolute atomic E-state index is 12.4. The number of amides is 1. The molecule has 0 saturated carbocycles. The van der Waals surface area contributed by atoms with Crippen molar-refractivity contribution in [1.82, 2.24) is 19.7 Å². The van der Waals surface area contributed by atoms with E-state index < -0.39 is 0 Å². The number of benzene rings is 1. The third-order valence-corrected chi connectivity index (χ3v) is 5.05. The molecule has 1 aromatic carbocycles. The van der Waals surface area contributed by atoms with E-state index >= 15 is 0 Å². The number of ether oxygens (including phenoxy) is 2. The summed E-state index contributed by atoms with van der Waals surface area (Å²) in [5.74, 6) is 1.88. The second-order valence-electron chi connectivity index (χ2n) is 7.21. The Labute approximate surface area is 170 Å². The molecule has 2 aromatic rings. The van der Waals surface area contributed by atoms with Gasteiger partial charge < -0.3 is 14.8 Å². The SMILES string of the molecule is CCCCOc1ccc(C(=O)NCCCn2nc3n(c2=O)CCCC3)cc1OC. The van der Waals surface area contributed by atoms with Gasteiger partial charge in [-0.2, -0.15) is 5.10 Å². The highest BCUT2D eigenvalue weighted by Crippen LogP contribution is 2.28. The van der Waals surface area contributed by atoms with Gasteiger partial charge in [0.2, 0.25) is 0 Å². The topological polar surface area (TPSA) is 87.4 Å². The van der Waals surface area contributed by atoms with E-state index in [2.05, 4.69) is 17.3 Å². The van der Waals surface area contributed by atoms with Crippen LogP contribution in [0.3, 0.4) is 0 Å². The van der Waals surface area contributed by atoms with Gasteiger partial charge in [0.25, 0.3) is 5.91 Å². The van der Waals surface area contributed by atoms with Crippen LogP contribution in [0.2, 0.25) is 0 Å². The number of hydrogen-bond acceptors (Lipinski definition) is 5. The van der Waals surface area contributed by atoms with E-state index in [-0.39, 0.29) is 11.6 Å². The average molecular weight is 402 g/mol. The molecule has 29 heavy (non-hydrogen) atoms. The number of carbonyl (C=O) groups excluding carboxylic acids is 1. The number of methoxy groups -OCH3 is 1. The molecule has 0 fully saturated rings. The summed E-state index contributed by atoms with van der Waals surface area (Å²) in [6.07, 6.45) is 5.63. The van der Waals surface area contributed by atoms with Gasteiger partial charge >= 0.3 is 5.69 Å². The Bertz CT molecular complexity index is 887. The van der Waals surface area contributed by atoms with Gasteiger partial charge in [0, 0.05) is 31.6 Å². The largest absolute Gasteiger partial charge is 0.493 e. The Kier molecular flexibility index (Phi) is 7.32. The van der Waals surface area contributed by atoms with E-state index in [1.807, 2.05) is 0 Å². The van der Waals surface area contributed by atoms with Gasteiger partial charge in [0.05, 0.1) is 13.7 Å². The molecule has 0 spiro atoms. The molecule has 1 aliphatic heterocycles. The van der Waals surface area contributed by atoms with E-state index in [9.17, 15) is 9.59 Å². The number of nitrogens with zero attached hydrogens (tertiary/aromatic N) is 3. The number of hydrogen-bond donors (Lipinski definition) is 1. The molecule has 3 rings (SSSR count). The Morgan fingerprint density at radius 2 is 2.10 bits per heavy atom. The summed E-state index contributed by atoms with van der Waals surface area (Å²) in [6.45, 7) is 4.43. The molecular weight excluding hydrogens is 372 g/mol. The quantitative estimate of drug-likeness (QED) is 0.617. The van der Waals surface area contributed by atoms with Crippen LogP contribution in [0.4, 0.5) is 0 Å². The fraction of sp³-hybridized carbons (Fsp3) is 0.571. The van der Waals surface area contributed by atoms with Crippen LogP contribution in [0.15, 0.2) is 23.0 Å². The number of fused-ring (bicyclic) bond motifs is 1. The Morgan fingerprint density at radius 1 is 1.24 bits per heavy atom. The maximum Gasteiger partial charge on any atom is 0.345 e. The normalized spacial score (nSPS) is 13.0. The second kappa shape index (κ2) is 10.1. The lowest BCUT2D eigenvalue weighted by molar-refractivity contribution is 0.0952. The number of carbonyl (C=O) groups is 1. The number of unbranched alkanes of at least 4 members (excludes halogenated alkanes) is 1. The second-order valence-corrected chi connectivity index (χ2v) is 7.21. The predicted octanol–water partition coefficient (Wildman–Crippen LogP) is 2.39. The lowest BCUT2D eigenvalue weighted by Gasteiger charge is -2.12. The van der Waals surface area contributed by atoms with Crippen molar-refractivity contribution >= 4 is 5.91 Å². The summed E-state index contributed by atoms with van der Waals surface area (Å²) in [4.78, 5) is 24.7. The molecule has 0 bridgehead atoms. The van der Waals surface area contributed by atoms with Crippen molar-refractivity contribution in [1.29, 1.82) is 0 Å². The molecular formula is C21H30N4O4. The smallest absolute Gasteiger partial charge is 0.345 e. The lowest BCUT2D eigenvalue weighted by atomic mass is 10.2. The van der Waals surface area contributed by atoms with Crippen molar-refractivity contribution in [2.75, 3.05) is 20.3 Å². The first-order valence-corrected chi connectivity index (χ1v) is 10.4. The summed E-state index contributed by atoms with van der Waals surface area (Å²) >= 11 is 0. The van der Waals surface area contributed by atoms with Gasteiger partial charge in [0.1, 0.15) is 5.82 Å². The molecule has 1 aliphatic rings. The van der Waals surface area contributed by atoms with Crippen molar-refractivity contribution in [2.45, 2.75) is 58.5 Å². The van der Waals surface area contributed by atoms with E-state index in [1.54, 1.807) is 29.9 Å². The first kappa shape index (κ1) is 21.0. The summed E-state index contributed by atoms with van der Waals surface area (Å²) in [5, 5.41) is 7.30. The average Bonchev–Trinajstić information content (AvgIpc) is 3.07. The van der Waals surface area contributed by atoms with Crippen molar-refractivity contribution in [3.05, 3.63) is 40.1 Å². The zero-order valence-electron chi connectivity index (χ0n) is 17.3. The summed E-state index contributed by atoms with van der Waals surface area (Å²) < 4.78 is 14.3. The minimum Gasteiger partial charge on any atom is -0.493 e. The highest BCUT2D eigenvalue weighted by Gasteiger charge is 2.16. The Balaban J connectivity index is 1.50. The zero-order valence-corrected chi connectivity index (χ0v) is 17.3. The number of nitrogens with one attached hydrogen (secondary N) is 1. The van der Waals surface area contributed by atoms with E-state index in [0.717, 1.165) is 44.5 Å². The number of rotatable bonds is 10. The van der Waals surface area contributed by atoms with Crippen LogP contribution in [0.5, 0.6) is 11.5 Å². The Hall–Kier alpha value is -2.77. The van der Waals surface area contributed by atoms with Crippen LogP contribution < -0.4 is 20.5 Å². The highest BCUT2D eigenvalue weighted by molar-refractivity contribution is 5.94. The molecule has 0 unspecified atom stereocenters. The monoisotopic (exact) mass is 402 g/mol. The molecule has 1 aromatic heterocycles. The fourth-order valence-electron chi connectivity index (χ4n) is 3.38. The van der Waals surface area contributed by atoms with Crippen molar-refractivity contribution in [3.8, 4) is 11.5 Å². The van der Waals surface area contributed by atoms with Gasteiger partial charge in [-0.05, 0) is 43.9 Å². The molecule has 8 heteroatoms. The molecule has 0 radical (unpaired) electrons. The van der Waals surface area contributed by atoms with Gasteiger partial charge in [-0.15, -0.1) is 0 Å². The molecule has 0 atom stereocenters. The van der Waals surface area contributed by atoms with Crippen LogP contribution in [-0.4, -0.2) is 40.5 Å².